The first-order chi connectivity index (χ1) is 9.93. The summed E-state index contributed by atoms with van der Waals surface area (Å²) in [6.45, 7) is 3.38. The summed E-state index contributed by atoms with van der Waals surface area (Å²) in [5, 5.41) is 5.25. The summed E-state index contributed by atoms with van der Waals surface area (Å²) in [7, 11) is -3.75. The highest BCUT2D eigenvalue weighted by Crippen LogP contribution is 2.28. The second kappa shape index (κ2) is 6.44. The van der Waals surface area contributed by atoms with Crippen LogP contribution in [0, 0.1) is 5.92 Å². The fraction of sp³-hybridized carbons (Fsp3) is 0.500. The number of nitrogens with two attached hydrogens (primary N) is 1. The molecule has 0 amide bonds. The summed E-state index contributed by atoms with van der Waals surface area (Å²) in [6, 6.07) is 6.67. The van der Waals surface area contributed by atoms with Crippen molar-refractivity contribution < 1.29 is 17.9 Å². The van der Waals surface area contributed by atoms with Gasteiger partial charge in [0.2, 0.25) is 10.0 Å². The lowest BCUT2D eigenvalue weighted by atomic mass is 9.96. The fourth-order valence-corrected chi connectivity index (χ4v) is 3.33. The number of primary sulfonamides is 1. The molecule has 1 aliphatic rings. The first kappa shape index (κ1) is 15.8. The lowest BCUT2D eigenvalue weighted by Crippen LogP contribution is -2.37. The zero-order chi connectivity index (χ0) is 15.5. The molecular weight excluding hydrogens is 292 g/mol. The van der Waals surface area contributed by atoms with Crippen LogP contribution in [0.3, 0.4) is 0 Å². The van der Waals surface area contributed by atoms with E-state index in [4.69, 9.17) is 9.88 Å². The first-order valence-electron chi connectivity index (χ1n) is 6.97. The number of ether oxygens (including phenoxy) is 1. The van der Waals surface area contributed by atoms with Crippen LogP contribution in [-0.4, -0.2) is 34.1 Å². The number of para-hydroxylation sites is 1. The molecule has 0 radical (unpaired) electrons. The predicted molar refractivity (Wildman–Crippen MR) is 79.4 cm³/mol. The largest absolute Gasteiger partial charge is 0.466 e. The molecule has 1 aromatic carbocycles. The highest BCUT2D eigenvalue weighted by molar-refractivity contribution is 7.89. The van der Waals surface area contributed by atoms with Crippen molar-refractivity contribution >= 4 is 21.7 Å². The van der Waals surface area contributed by atoms with Crippen LogP contribution in [0.1, 0.15) is 19.8 Å². The number of nitrogens with zero attached hydrogens (tertiary/aromatic N) is 1. The molecule has 2 N–H and O–H groups in total. The Bertz CT molecular complexity index is 607. The van der Waals surface area contributed by atoms with Crippen LogP contribution >= 0.6 is 0 Å². The van der Waals surface area contributed by atoms with Crippen molar-refractivity contribution in [3.05, 3.63) is 24.3 Å². The SMILES string of the molecule is CCOC(=O)C1CCN(c2ccccc2S(N)(=O)=O)CC1. The Kier molecular flexibility index (Phi) is 4.84. The topological polar surface area (TPSA) is 89.7 Å². The van der Waals surface area contributed by atoms with E-state index in [2.05, 4.69) is 0 Å². The predicted octanol–water partition coefficient (Wildman–Crippen LogP) is 1.11. The van der Waals surface area contributed by atoms with E-state index in [0.29, 0.717) is 38.2 Å². The maximum absolute atomic E-state index is 11.7. The maximum Gasteiger partial charge on any atom is 0.309 e. The van der Waals surface area contributed by atoms with Gasteiger partial charge >= 0.3 is 5.97 Å². The van der Waals surface area contributed by atoms with Gasteiger partial charge in [-0.2, -0.15) is 0 Å². The highest BCUT2D eigenvalue weighted by Gasteiger charge is 2.28. The molecule has 2 rings (SSSR count). The molecule has 1 heterocycles. The van der Waals surface area contributed by atoms with Crippen LogP contribution in [0.2, 0.25) is 0 Å². The number of hydrogen-bond acceptors (Lipinski definition) is 5. The first-order valence-corrected chi connectivity index (χ1v) is 8.51. The summed E-state index contributed by atoms with van der Waals surface area (Å²) in [5.41, 5.74) is 0.599. The summed E-state index contributed by atoms with van der Waals surface area (Å²) >= 11 is 0. The molecule has 0 aromatic heterocycles. The van der Waals surface area contributed by atoms with Crippen molar-refractivity contribution in [2.45, 2.75) is 24.7 Å². The van der Waals surface area contributed by atoms with Crippen LogP contribution in [0.4, 0.5) is 5.69 Å². The van der Waals surface area contributed by atoms with Crippen LogP contribution in [0.15, 0.2) is 29.2 Å². The van der Waals surface area contributed by atoms with E-state index in [0.717, 1.165) is 0 Å². The molecule has 0 aliphatic carbocycles. The molecule has 0 saturated carbocycles. The molecule has 1 fully saturated rings. The van der Waals surface area contributed by atoms with E-state index < -0.39 is 10.0 Å². The molecule has 0 spiro atoms. The van der Waals surface area contributed by atoms with Gasteiger partial charge in [0, 0.05) is 13.1 Å². The van der Waals surface area contributed by atoms with E-state index in [9.17, 15) is 13.2 Å². The Balaban J connectivity index is 2.12. The number of piperidine rings is 1. The second-order valence-corrected chi connectivity index (χ2v) is 6.56. The van der Waals surface area contributed by atoms with Crippen LogP contribution in [0.25, 0.3) is 0 Å². The molecule has 6 nitrogen and oxygen atoms in total. The Morgan fingerprint density at radius 1 is 1.33 bits per heavy atom. The minimum atomic E-state index is -3.75. The molecule has 7 heteroatoms. The number of anilines is 1. The smallest absolute Gasteiger partial charge is 0.309 e. The van der Waals surface area contributed by atoms with Crippen molar-refractivity contribution in [3.63, 3.8) is 0 Å². The van der Waals surface area contributed by atoms with Gasteiger partial charge in [-0.05, 0) is 31.9 Å². The second-order valence-electron chi connectivity index (χ2n) is 5.03. The number of carbonyl (C=O) groups is 1. The molecule has 0 unspecified atom stereocenters. The third kappa shape index (κ3) is 3.74. The van der Waals surface area contributed by atoms with Gasteiger partial charge in [0.1, 0.15) is 4.90 Å². The quantitative estimate of drug-likeness (QED) is 0.841. The molecular formula is C14H20N2O4S. The van der Waals surface area contributed by atoms with Crippen molar-refractivity contribution in [2.75, 3.05) is 24.6 Å². The Morgan fingerprint density at radius 2 is 1.95 bits per heavy atom. The lowest BCUT2D eigenvalue weighted by Gasteiger charge is -2.33. The lowest BCUT2D eigenvalue weighted by molar-refractivity contribution is -0.148. The Labute approximate surface area is 124 Å². The van der Waals surface area contributed by atoms with Crippen LogP contribution in [0.5, 0.6) is 0 Å². The summed E-state index contributed by atoms with van der Waals surface area (Å²) in [6.07, 6.45) is 1.30. The van der Waals surface area contributed by atoms with Crippen molar-refractivity contribution in [1.29, 1.82) is 0 Å². The minimum absolute atomic E-state index is 0.108. The van der Waals surface area contributed by atoms with Crippen molar-refractivity contribution in [2.24, 2.45) is 11.1 Å². The van der Waals surface area contributed by atoms with E-state index >= 15 is 0 Å². The molecule has 116 valence electrons. The zero-order valence-electron chi connectivity index (χ0n) is 12.0. The van der Waals surface area contributed by atoms with Crippen LogP contribution < -0.4 is 10.0 Å². The van der Waals surface area contributed by atoms with Gasteiger partial charge in [-0.3, -0.25) is 4.79 Å². The van der Waals surface area contributed by atoms with Gasteiger partial charge in [-0.25, -0.2) is 13.6 Å². The van der Waals surface area contributed by atoms with E-state index in [1.54, 1.807) is 25.1 Å². The minimum Gasteiger partial charge on any atom is -0.466 e. The third-order valence-electron chi connectivity index (χ3n) is 3.63. The average Bonchev–Trinajstić information content (AvgIpc) is 2.47. The van der Waals surface area contributed by atoms with E-state index in [1.807, 2.05) is 4.90 Å². The van der Waals surface area contributed by atoms with Crippen molar-refractivity contribution in [3.8, 4) is 0 Å². The van der Waals surface area contributed by atoms with E-state index in [1.165, 1.54) is 6.07 Å². The van der Waals surface area contributed by atoms with Crippen LogP contribution in [-0.2, 0) is 19.6 Å². The molecule has 1 saturated heterocycles. The van der Waals surface area contributed by atoms with Gasteiger partial charge in [-0.1, -0.05) is 12.1 Å². The number of rotatable bonds is 4. The summed E-state index contributed by atoms with van der Waals surface area (Å²) in [5.74, 6) is -0.278. The summed E-state index contributed by atoms with van der Waals surface area (Å²) in [4.78, 5) is 13.8. The van der Waals surface area contributed by atoms with Gasteiger partial charge in [-0.15, -0.1) is 0 Å². The molecule has 21 heavy (non-hydrogen) atoms. The van der Waals surface area contributed by atoms with E-state index in [-0.39, 0.29) is 16.8 Å². The van der Waals surface area contributed by atoms with Gasteiger partial charge in [0.05, 0.1) is 18.2 Å². The van der Waals surface area contributed by atoms with Gasteiger partial charge in [0.15, 0.2) is 0 Å². The van der Waals surface area contributed by atoms with Gasteiger partial charge < -0.3 is 9.64 Å². The number of carbonyl (C=O) groups excluding carboxylic acids is 1. The standard InChI is InChI=1S/C14H20N2O4S/c1-2-20-14(17)11-7-9-16(10-8-11)12-5-3-4-6-13(12)21(15,18)19/h3-6,11H,2,7-10H2,1H3,(H2,15,18,19). The Hall–Kier alpha value is -1.60. The number of esters is 1. The Morgan fingerprint density at radius 3 is 2.52 bits per heavy atom. The zero-order valence-corrected chi connectivity index (χ0v) is 12.8. The normalized spacial score (nSPS) is 16.8. The molecule has 0 bridgehead atoms. The highest BCUT2D eigenvalue weighted by atomic mass is 32.2. The van der Waals surface area contributed by atoms with Crippen molar-refractivity contribution in [1.82, 2.24) is 0 Å². The fourth-order valence-electron chi connectivity index (χ4n) is 2.58. The number of benzene rings is 1. The molecule has 1 aromatic rings. The maximum atomic E-state index is 11.7. The monoisotopic (exact) mass is 312 g/mol. The average molecular weight is 312 g/mol. The molecule has 0 atom stereocenters. The number of sulfonamides is 1. The third-order valence-corrected chi connectivity index (χ3v) is 4.59. The van der Waals surface area contributed by atoms with Gasteiger partial charge in [0.25, 0.3) is 0 Å². The molecule has 1 aliphatic heterocycles. The number of hydrogen-bond donors (Lipinski definition) is 1. The summed E-state index contributed by atoms with van der Waals surface area (Å²) < 4.78 is 28.3.